The van der Waals surface area contributed by atoms with Crippen molar-refractivity contribution in [2.24, 2.45) is 0 Å². The molecule has 0 heterocycles. The zero-order chi connectivity index (χ0) is 12.7. The van der Waals surface area contributed by atoms with Gasteiger partial charge in [-0.15, -0.1) is 0 Å². The first-order valence-electron chi connectivity index (χ1n) is 5.84. The Morgan fingerprint density at radius 1 is 1.29 bits per heavy atom. The van der Waals surface area contributed by atoms with Crippen LogP contribution >= 0.6 is 0 Å². The molecule has 1 aromatic rings. The van der Waals surface area contributed by atoms with E-state index in [0.29, 0.717) is 12.2 Å². The van der Waals surface area contributed by atoms with E-state index >= 15 is 0 Å². The van der Waals surface area contributed by atoms with Gasteiger partial charge in [0.1, 0.15) is 18.2 Å². The van der Waals surface area contributed by atoms with Crippen LogP contribution in [-0.4, -0.2) is 45.2 Å². The molecule has 0 aromatic heterocycles. The Morgan fingerprint density at radius 2 is 2.06 bits per heavy atom. The first-order chi connectivity index (χ1) is 8.09. The number of halogens is 1. The highest BCUT2D eigenvalue weighted by Crippen LogP contribution is 2.15. The molecule has 0 aliphatic rings. The number of hydrogen-bond donors (Lipinski definition) is 1. The van der Waals surface area contributed by atoms with Crippen LogP contribution in [0.2, 0.25) is 0 Å². The van der Waals surface area contributed by atoms with Crippen molar-refractivity contribution >= 4 is 0 Å². The Hall–Kier alpha value is -1.13. The molecule has 0 aliphatic carbocycles. The van der Waals surface area contributed by atoms with Gasteiger partial charge in [-0.1, -0.05) is 0 Å². The first kappa shape index (κ1) is 13.9. The van der Waals surface area contributed by atoms with Gasteiger partial charge in [0.15, 0.2) is 0 Å². The summed E-state index contributed by atoms with van der Waals surface area (Å²) in [7, 11) is 4.08. The maximum atomic E-state index is 13.0. The number of rotatable bonds is 7. The van der Waals surface area contributed by atoms with Crippen molar-refractivity contribution in [3.63, 3.8) is 0 Å². The zero-order valence-corrected chi connectivity index (χ0v) is 10.8. The molecule has 0 amide bonds. The normalized spacial score (nSPS) is 10.9. The van der Waals surface area contributed by atoms with Gasteiger partial charge in [0.05, 0.1) is 0 Å². The van der Waals surface area contributed by atoms with Gasteiger partial charge in [-0.3, -0.25) is 0 Å². The highest BCUT2D eigenvalue weighted by atomic mass is 19.1. The molecule has 96 valence electrons. The predicted octanol–water partition coefficient (Wildman–Crippen LogP) is 1.66. The summed E-state index contributed by atoms with van der Waals surface area (Å²) < 4.78 is 18.5. The van der Waals surface area contributed by atoms with Crippen LogP contribution in [0.15, 0.2) is 18.2 Å². The third kappa shape index (κ3) is 5.65. The molecule has 0 spiro atoms. The fourth-order valence-electron chi connectivity index (χ4n) is 1.38. The molecule has 1 aromatic carbocycles. The topological polar surface area (TPSA) is 24.5 Å². The lowest BCUT2D eigenvalue weighted by molar-refractivity contribution is 0.308. The lowest BCUT2D eigenvalue weighted by atomic mass is 10.2. The molecular formula is C13H21FN2O. The summed E-state index contributed by atoms with van der Waals surface area (Å²) in [5.41, 5.74) is 0.614. The summed E-state index contributed by atoms with van der Waals surface area (Å²) in [4.78, 5) is 2.12. The Bertz CT molecular complexity index is 342. The molecule has 0 unspecified atom stereocenters. The maximum absolute atomic E-state index is 13.0. The third-order valence-electron chi connectivity index (χ3n) is 2.41. The van der Waals surface area contributed by atoms with E-state index in [4.69, 9.17) is 4.74 Å². The van der Waals surface area contributed by atoms with E-state index in [-0.39, 0.29) is 5.82 Å². The van der Waals surface area contributed by atoms with E-state index < -0.39 is 0 Å². The first-order valence-corrected chi connectivity index (χ1v) is 5.84. The predicted molar refractivity (Wildman–Crippen MR) is 68.1 cm³/mol. The zero-order valence-electron chi connectivity index (χ0n) is 10.8. The smallest absolute Gasteiger partial charge is 0.126 e. The minimum Gasteiger partial charge on any atom is -0.492 e. The Morgan fingerprint density at radius 3 is 2.71 bits per heavy atom. The lowest BCUT2D eigenvalue weighted by Gasteiger charge is -2.11. The maximum Gasteiger partial charge on any atom is 0.126 e. The van der Waals surface area contributed by atoms with Crippen molar-refractivity contribution in [3.05, 3.63) is 29.6 Å². The van der Waals surface area contributed by atoms with Crippen molar-refractivity contribution in [2.75, 3.05) is 40.3 Å². The van der Waals surface area contributed by atoms with E-state index in [0.717, 1.165) is 25.4 Å². The monoisotopic (exact) mass is 240 g/mol. The molecule has 0 fully saturated rings. The van der Waals surface area contributed by atoms with Gasteiger partial charge in [-0.05, 0) is 44.8 Å². The van der Waals surface area contributed by atoms with Crippen molar-refractivity contribution in [2.45, 2.75) is 6.92 Å². The van der Waals surface area contributed by atoms with Crippen molar-refractivity contribution in [3.8, 4) is 5.75 Å². The second kappa shape index (κ2) is 7.25. The van der Waals surface area contributed by atoms with Gasteiger partial charge in [0, 0.05) is 19.6 Å². The van der Waals surface area contributed by atoms with Gasteiger partial charge in [0.25, 0.3) is 0 Å². The van der Waals surface area contributed by atoms with Crippen molar-refractivity contribution in [1.29, 1.82) is 0 Å². The average Bonchev–Trinajstić information content (AvgIpc) is 2.27. The van der Waals surface area contributed by atoms with Crippen LogP contribution in [0.1, 0.15) is 5.56 Å². The van der Waals surface area contributed by atoms with Crippen LogP contribution in [0, 0.1) is 12.7 Å². The number of benzene rings is 1. The minimum absolute atomic E-state index is 0.193. The molecule has 0 radical (unpaired) electrons. The Kier molecular flexibility index (Phi) is 5.94. The Labute approximate surface area is 103 Å². The van der Waals surface area contributed by atoms with E-state index in [1.165, 1.54) is 6.07 Å². The highest BCUT2D eigenvalue weighted by molar-refractivity contribution is 5.28. The minimum atomic E-state index is -0.193. The van der Waals surface area contributed by atoms with Crippen molar-refractivity contribution in [1.82, 2.24) is 10.2 Å². The molecule has 0 bridgehead atoms. The van der Waals surface area contributed by atoms with Crippen LogP contribution in [-0.2, 0) is 0 Å². The van der Waals surface area contributed by atoms with Gasteiger partial charge >= 0.3 is 0 Å². The lowest BCUT2D eigenvalue weighted by Crippen LogP contribution is -2.29. The van der Waals surface area contributed by atoms with Gasteiger partial charge < -0.3 is 15.0 Å². The highest BCUT2D eigenvalue weighted by Gasteiger charge is 1.99. The number of nitrogens with zero attached hydrogens (tertiary/aromatic N) is 1. The van der Waals surface area contributed by atoms with Crippen LogP contribution in [0.4, 0.5) is 4.39 Å². The molecular weight excluding hydrogens is 219 g/mol. The second-order valence-electron chi connectivity index (χ2n) is 4.31. The van der Waals surface area contributed by atoms with Crippen molar-refractivity contribution < 1.29 is 9.13 Å². The van der Waals surface area contributed by atoms with Gasteiger partial charge in [-0.2, -0.15) is 0 Å². The number of aryl methyl sites for hydroxylation is 1. The summed E-state index contributed by atoms with van der Waals surface area (Å²) in [5.74, 6) is 0.528. The van der Waals surface area contributed by atoms with Gasteiger partial charge in [0.2, 0.25) is 0 Å². The van der Waals surface area contributed by atoms with E-state index in [2.05, 4.69) is 10.2 Å². The number of nitrogens with one attached hydrogen (secondary N) is 1. The molecule has 0 atom stereocenters. The average molecular weight is 240 g/mol. The molecule has 1 N–H and O–H groups in total. The fourth-order valence-corrected chi connectivity index (χ4v) is 1.38. The number of likely N-dealkylation sites (N-methyl/N-ethyl adjacent to an activating group) is 1. The molecule has 3 nitrogen and oxygen atoms in total. The largest absolute Gasteiger partial charge is 0.492 e. The SMILES string of the molecule is Cc1cc(OCCNCCN(C)C)ccc1F. The fraction of sp³-hybridized carbons (Fsp3) is 0.538. The van der Waals surface area contributed by atoms with E-state index in [1.807, 2.05) is 14.1 Å². The summed E-state index contributed by atoms with van der Waals surface area (Å²) in [6.45, 7) is 5.08. The molecule has 0 saturated carbocycles. The quantitative estimate of drug-likeness (QED) is 0.734. The molecule has 1 rings (SSSR count). The number of ether oxygens (including phenoxy) is 1. The standard InChI is InChI=1S/C13H21FN2O/c1-11-10-12(4-5-13(11)14)17-9-7-15-6-8-16(2)3/h4-5,10,15H,6-9H2,1-3H3. The third-order valence-corrected chi connectivity index (χ3v) is 2.41. The van der Waals surface area contributed by atoms with Crippen LogP contribution in [0.5, 0.6) is 5.75 Å². The summed E-state index contributed by atoms with van der Waals surface area (Å²) in [5, 5.41) is 3.27. The summed E-state index contributed by atoms with van der Waals surface area (Å²) in [6, 6.07) is 4.81. The molecule has 4 heteroatoms. The Balaban J connectivity index is 2.16. The molecule has 17 heavy (non-hydrogen) atoms. The van der Waals surface area contributed by atoms with Crippen LogP contribution in [0.3, 0.4) is 0 Å². The summed E-state index contributed by atoms with van der Waals surface area (Å²) >= 11 is 0. The molecule has 0 aliphatic heterocycles. The van der Waals surface area contributed by atoms with Crippen LogP contribution < -0.4 is 10.1 Å². The van der Waals surface area contributed by atoms with E-state index in [1.54, 1.807) is 19.1 Å². The second-order valence-corrected chi connectivity index (χ2v) is 4.31. The molecule has 0 saturated heterocycles. The summed E-state index contributed by atoms with van der Waals surface area (Å²) in [6.07, 6.45) is 0. The number of hydrogen-bond acceptors (Lipinski definition) is 3. The van der Waals surface area contributed by atoms with Crippen LogP contribution in [0.25, 0.3) is 0 Å². The van der Waals surface area contributed by atoms with Gasteiger partial charge in [-0.25, -0.2) is 4.39 Å². The van der Waals surface area contributed by atoms with E-state index in [9.17, 15) is 4.39 Å².